The van der Waals surface area contributed by atoms with Gasteiger partial charge in [0.15, 0.2) is 0 Å². The molecule has 0 aromatic rings. The summed E-state index contributed by atoms with van der Waals surface area (Å²) < 4.78 is 35.4. The van der Waals surface area contributed by atoms with Crippen LogP contribution >= 0.6 is 0 Å². The van der Waals surface area contributed by atoms with Gasteiger partial charge < -0.3 is 0 Å². The van der Waals surface area contributed by atoms with E-state index in [-0.39, 0.29) is 12.2 Å². The molecule has 0 saturated carbocycles. The molecule has 0 atom stereocenters. The summed E-state index contributed by atoms with van der Waals surface area (Å²) in [5, 5.41) is 0. The van der Waals surface area contributed by atoms with Crippen molar-refractivity contribution < 1.29 is 40.9 Å². The molecule has 0 aliphatic carbocycles. The van der Waals surface area contributed by atoms with E-state index >= 15 is 0 Å². The molecule has 0 saturated heterocycles. The van der Waals surface area contributed by atoms with Crippen LogP contribution in [0.5, 0.6) is 0 Å². The van der Waals surface area contributed by atoms with E-state index in [4.69, 9.17) is 22.7 Å². The van der Waals surface area contributed by atoms with E-state index in [9.17, 15) is 0 Å². The van der Waals surface area contributed by atoms with Gasteiger partial charge in [-0.25, -0.2) is 0 Å². The predicted octanol–water partition coefficient (Wildman–Crippen LogP) is 3.53. The number of ether oxygens (including phenoxy) is 2. The molecule has 0 unspecified atom stereocenters. The molecule has 0 amide bonds. The van der Waals surface area contributed by atoms with Gasteiger partial charge in [-0.1, -0.05) is 0 Å². The fourth-order valence-electron chi connectivity index (χ4n) is 2.15. The molecule has 23 heavy (non-hydrogen) atoms. The van der Waals surface area contributed by atoms with E-state index in [0.717, 1.165) is 0 Å². The van der Waals surface area contributed by atoms with Crippen molar-refractivity contribution >= 4 is 0 Å². The maximum absolute atomic E-state index is 6.31. The maximum atomic E-state index is 6.31. The van der Waals surface area contributed by atoms with Gasteiger partial charge in [0.25, 0.3) is 0 Å². The Labute approximate surface area is 147 Å². The van der Waals surface area contributed by atoms with Crippen LogP contribution < -0.4 is 0 Å². The normalized spacial score (nSPS) is 14.1. The van der Waals surface area contributed by atoms with Gasteiger partial charge in [0.1, 0.15) is 0 Å². The molecule has 0 rings (SSSR count). The topological polar surface area (TPSA) is 55.4 Å². The summed E-state index contributed by atoms with van der Waals surface area (Å²) in [5.74, 6) is 0. The zero-order valence-corrected chi connectivity index (χ0v) is 18.1. The van der Waals surface area contributed by atoms with Gasteiger partial charge in [-0.15, -0.1) is 0 Å². The van der Waals surface area contributed by atoms with Crippen molar-refractivity contribution in [2.24, 2.45) is 0 Å². The van der Waals surface area contributed by atoms with Crippen LogP contribution in [-0.4, -0.2) is 50.8 Å². The van der Waals surface area contributed by atoms with Crippen LogP contribution in [0.1, 0.15) is 55.4 Å². The molecule has 0 fully saturated rings. The number of methoxy groups -OCH3 is 2. The standard InChI is InChI=1S/2C5H11O2.2C3H7O.Ti/c2*1-5(2,6)4-7-3;2*1-3(2)4;/h2*4H2,1-3H3;2*3H,1-2H3;/q4*-1;+4. The first kappa shape index (κ1) is 23.5. The van der Waals surface area contributed by atoms with Crippen LogP contribution in [0.2, 0.25) is 0 Å². The monoisotopic (exact) mass is 372 g/mol. The summed E-state index contributed by atoms with van der Waals surface area (Å²) in [7, 11) is 3.28. The van der Waals surface area contributed by atoms with Crippen molar-refractivity contribution in [3.05, 3.63) is 0 Å². The van der Waals surface area contributed by atoms with Crippen LogP contribution in [0.4, 0.5) is 0 Å². The van der Waals surface area contributed by atoms with Gasteiger partial charge in [-0.3, -0.25) is 0 Å². The SMILES string of the molecule is COCC(C)(C)[O][Ti]([O]C(C)C)([O]C(C)C)[O]C(C)(C)COC. The zero-order valence-electron chi connectivity index (χ0n) is 16.5. The predicted molar refractivity (Wildman–Crippen MR) is 86.5 cm³/mol. The van der Waals surface area contributed by atoms with Crippen molar-refractivity contribution in [1.82, 2.24) is 0 Å². The molecule has 0 radical (unpaired) electrons. The van der Waals surface area contributed by atoms with Crippen molar-refractivity contribution in [2.75, 3.05) is 27.4 Å². The molecular weight excluding hydrogens is 336 g/mol. The number of hydrogen-bond acceptors (Lipinski definition) is 6. The van der Waals surface area contributed by atoms with Gasteiger partial charge in [0.2, 0.25) is 0 Å². The molecule has 0 aromatic carbocycles. The number of hydrogen-bond donors (Lipinski definition) is 0. The Morgan fingerprint density at radius 2 is 1.00 bits per heavy atom. The van der Waals surface area contributed by atoms with Gasteiger partial charge >= 0.3 is 147 Å². The third kappa shape index (κ3) is 10.1. The fourth-order valence-corrected chi connectivity index (χ4v) is 6.71. The molecule has 140 valence electrons. The first-order chi connectivity index (χ1) is 10.4. The van der Waals surface area contributed by atoms with Gasteiger partial charge in [0, 0.05) is 0 Å². The van der Waals surface area contributed by atoms with E-state index in [2.05, 4.69) is 0 Å². The van der Waals surface area contributed by atoms with Crippen molar-refractivity contribution in [3.63, 3.8) is 0 Å². The second kappa shape index (κ2) is 9.83. The van der Waals surface area contributed by atoms with E-state index in [1.54, 1.807) is 14.2 Å². The first-order valence-electron chi connectivity index (χ1n) is 8.11. The molecule has 0 N–H and O–H groups in total. The molecule has 0 heterocycles. The van der Waals surface area contributed by atoms with E-state index in [0.29, 0.717) is 13.2 Å². The third-order valence-electron chi connectivity index (χ3n) is 2.55. The summed E-state index contributed by atoms with van der Waals surface area (Å²) in [5.41, 5.74) is -1.16. The molecule has 0 aliphatic heterocycles. The van der Waals surface area contributed by atoms with Crippen molar-refractivity contribution in [3.8, 4) is 0 Å². The minimum atomic E-state index is -4.05. The molecule has 6 nitrogen and oxygen atoms in total. The average Bonchev–Trinajstić information content (AvgIpc) is 2.23. The summed E-state index contributed by atoms with van der Waals surface area (Å²) in [6, 6.07) is 0. The van der Waals surface area contributed by atoms with Crippen LogP contribution in [0.15, 0.2) is 0 Å². The molecular formula is C16H36O6Ti. The Morgan fingerprint density at radius 1 is 0.696 bits per heavy atom. The average molecular weight is 372 g/mol. The van der Waals surface area contributed by atoms with E-state index in [1.807, 2.05) is 55.4 Å². The Hall–Kier alpha value is 0.474. The Morgan fingerprint density at radius 3 is 1.22 bits per heavy atom. The fraction of sp³-hybridized carbons (Fsp3) is 1.00. The summed E-state index contributed by atoms with van der Waals surface area (Å²) in [6.45, 7) is 16.4. The summed E-state index contributed by atoms with van der Waals surface area (Å²) >= 11 is -4.05. The molecule has 0 bridgehead atoms. The van der Waals surface area contributed by atoms with Crippen molar-refractivity contribution in [2.45, 2.75) is 78.8 Å². The van der Waals surface area contributed by atoms with Crippen LogP contribution in [0, 0.1) is 0 Å². The van der Waals surface area contributed by atoms with Crippen LogP contribution in [-0.2, 0) is 40.9 Å². The molecule has 0 spiro atoms. The van der Waals surface area contributed by atoms with E-state index < -0.39 is 29.3 Å². The second-order valence-electron chi connectivity index (χ2n) is 7.42. The van der Waals surface area contributed by atoms with Gasteiger partial charge in [-0.2, -0.15) is 0 Å². The van der Waals surface area contributed by atoms with Gasteiger partial charge in [-0.05, 0) is 0 Å². The summed E-state index contributed by atoms with van der Waals surface area (Å²) in [4.78, 5) is 0. The van der Waals surface area contributed by atoms with Gasteiger partial charge in [0.05, 0.1) is 0 Å². The quantitative estimate of drug-likeness (QED) is 0.489. The minimum absolute atomic E-state index is 0.0783. The van der Waals surface area contributed by atoms with Crippen LogP contribution in [0.25, 0.3) is 0 Å². The summed E-state index contributed by atoms with van der Waals surface area (Å²) in [6.07, 6.45) is -0.157. The first-order valence-corrected chi connectivity index (χ1v) is 10.7. The number of rotatable bonds is 12. The molecule has 7 heteroatoms. The molecule has 0 aromatic heterocycles. The third-order valence-corrected chi connectivity index (χ3v) is 7.43. The Bertz CT molecular complexity index is 299. The Kier molecular flexibility index (Phi) is 10.0. The Balaban J connectivity index is 5.57. The molecule has 0 aliphatic rings. The van der Waals surface area contributed by atoms with Crippen molar-refractivity contribution in [1.29, 1.82) is 0 Å². The zero-order chi connectivity index (χ0) is 18.3. The second-order valence-corrected chi connectivity index (χ2v) is 10.4. The van der Waals surface area contributed by atoms with Crippen LogP contribution in [0.3, 0.4) is 0 Å². The van der Waals surface area contributed by atoms with E-state index in [1.165, 1.54) is 0 Å².